The Balaban J connectivity index is 1.58. The van der Waals surface area contributed by atoms with E-state index in [1.54, 1.807) is 0 Å². The summed E-state index contributed by atoms with van der Waals surface area (Å²) >= 11 is 0. The Morgan fingerprint density at radius 3 is 2.19 bits per heavy atom. The first-order valence-electron chi connectivity index (χ1n) is 14.6. The van der Waals surface area contributed by atoms with Gasteiger partial charge in [-0.2, -0.15) is 0 Å². The third-order valence-corrected chi connectivity index (χ3v) is 13.3. The van der Waals surface area contributed by atoms with Crippen LogP contribution in [0.5, 0.6) is 0 Å². The fraction of sp³-hybridized carbons (Fsp3) is 0.844. The SMILES string of the molecule is CC(=O)O[C@H]1CC[C@@]2(C)[C@H](CC[C@]3(C)[C@@H]2C(=O)C=C2[C@H]4C[C@@](C)(C(=O)O)CC[C@]4(C)CC[C@@]23C)C1(C)C. The first-order valence-corrected chi connectivity index (χ1v) is 14.6. The number of ether oxygens (including phenoxy) is 1. The number of carboxylic acids is 1. The minimum atomic E-state index is -0.729. The van der Waals surface area contributed by atoms with Gasteiger partial charge in [-0.05, 0) is 104 Å². The number of hydrogen-bond donors (Lipinski definition) is 1. The standard InChI is InChI=1S/C32H48O5/c1-19(33)37-24-10-11-30(6)23(27(24,2)3)9-12-32(8)25(30)22(34)17-20-21-18-29(5,26(35)36)14-13-28(21,4)15-16-31(20,32)7/h17,21,23-25H,9-16,18H2,1-8H3,(H,35,36)/t21-,23-,24+,25-,28-,29+,30+,31+,32-/m1/s1. The molecule has 0 heterocycles. The highest BCUT2D eigenvalue weighted by Crippen LogP contribution is 2.75. The van der Waals surface area contributed by atoms with Crippen molar-refractivity contribution < 1.29 is 24.2 Å². The molecule has 0 amide bonds. The van der Waals surface area contributed by atoms with Crippen LogP contribution in [0.1, 0.15) is 113 Å². The highest BCUT2D eigenvalue weighted by Gasteiger charge is 2.70. The van der Waals surface area contributed by atoms with Gasteiger partial charge in [0.2, 0.25) is 0 Å². The maximum atomic E-state index is 14.4. The van der Waals surface area contributed by atoms with E-state index in [1.807, 2.05) is 13.0 Å². The first-order chi connectivity index (χ1) is 16.9. The number of hydrogen-bond acceptors (Lipinski definition) is 4. The quantitative estimate of drug-likeness (QED) is 0.404. The second-order valence-electron chi connectivity index (χ2n) is 15.5. The average molecular weight is 513 g/mol. The zero-order chi connectivity index (χ0) is 27.4. The fourth-order valence-electron chi connectivity index (χ4n) is 10.8. The fourth-order valence-corrected chi connectivity index (χ4v) is 10.8. The normalized spacial score (nSPS) is 50.5. The molecule has 1 N–H and O–H groups in total. The number of ketones is 1. The third kappa shape index (κ3) is 3.43. The van der Waals surface area contributed by atoms with Gasteiger partial charge >= 0.3 is 11.9 Å². The molecule has 0 aromatic carbocycles. The molecule has 0 saturated heterocycles. The van der Waals surface area contributed by atoms with E-state index in [-0.39, 0.29) is 56.8 Å². The van der Waals surface area contributed by atoms with E-state index < -0.39 is 11.4 Å². The van der Waals surface area contributed by atoms with Gasteiger partial charge in [-0.3, -0.25) is 14.4 Å². The topological polar surface area (TPSA) is 80.7 Å². The number of aliphatic carboxylic acids is 1. The lowest BCUT2D eigenvalue weighted by molar-refractivity contribution is -0.210. The number of esters is 1. The van der Waals surface area contributed by atoms with Gasteiger partial charge in [0.25, 0.3) is 0 Å². The molecule has 5 rings (SSSR count). The van der Waals surface area contributed by atoms with Crippen LogP contribution in [0, 0.1) is 50.2 Å². The van der Waals surface area contributed by atoms with E-state index in [9.17, 15) is 19.5 Å². The monoisotopic (exact) mass is 512 g/mol. The smallest absolute Gasteiger partial charge is 0.309 e. The number of fused-ring (bicyclic) bond motifs is 7. The number of rotatable bonds is 2. The Hall–Kier alpha value is -1.65. The highest BCUT2D eigenvalue weighted by atomic mass is 16.5. The van der Waals surface area contributed by atoms with E-state index in [0.717, 1.165) is 44.9 Å². The molecule has 5 aliphatic rings. The Kier molecular flexibility index (Phi) is 5.78. The molecule has 5 nitrogen and oxygen atoms in total. The van der Waals surface area contributed by atoms with Crippen molar-refractivity contribution in [1.82, 2.24) is 0 Å². The highest BCUT2D eigenvalue weighted by molar-refractivity contribution is 5.95. The van der Waals surface area contributed by atoms with Gasteiger partial charge in [0.15, 0.2) is 5.78 Å². The molecule has 4 saturated carbocycles. The maximum absolute atomic E-state index is 14.4. The van der Waals surface area contributed by atoms with Crippen LogP contribution < -0.4 is 0 Å². The summed E-state index contributed by atoms with van der Waals surface area (Å²) in [5.41, 5.74) is -0.0327. The Labute approximate surface area is 223 Å². The molecule has 0 bridgehead atoms. The van der Waals surface area contributed by atoms with E-state index in [4.69, 9.17) is 4.74 Å². The lowest BCUT2D eigenvalue weighted by atomic mass is 9.33. The van der Waals surface area contributed by atoms with Gasteiger partial charge in [0, 0.05) is 18.3 Å². The minimum absolute atomic E-state index is 0.0644. The van der Waals surface area contributed by atoms with Crippen molar-refractivity contribution in [1.29, 1.82) is 0 Å². The Morgan fingerprint density at radius 1 is 0.919 bits per heavy atom. The Bertz CT molecular complexity index is 1070. The van der Waals surface area contributed by atoms with Crippen LogP contribution in [0.2, 0.25) is 0 Å². The molecule has 4 fully saturated rings. The summed E-state index contributed by atoms with van der Waals surface area (Å²) in [4.78, 5) is 38.5. The summed E-state index contributed by atoms with van der Waals surface area (Å²) in [5.74, 6) is -0.280. The molecule has 9 atom stereocenters. The van der Waals surface area contributed by atoms with E-state index in [1.165, 1.54) is 12.5 Å². The summed E-state index contributed by atoms with van der Waals surface area (Å²) < 4.78 is 5.82. The Morgan fingerprint density at radius 2 is 1.57 bits per heavy atom. The van der Waals surface area contributed by atoms with Crippen LogP contribution in [-0.4, -0.2) is 28.9 Å². The van der Waals surface area contributed by atoms with Crippen molar-refractivity contribution in [2.24, 2.45) is 50.2 Å². The zero-order valence-electron chi connectivity index (χ0n) is 24.3. The molecule has 37 heavy (non-hydrogen) atoms. The van der Waals surface area contributed by atoms with Crippen molar-refractivity contribution in [2.75, 3.05) is 0 Å². The molecule has 5 heteroatoms. The predicted molar refractivity (Wildman–Crippen MR) is 143 cm³/mol. The second-order valence-corrected chi connectivity index (χ2v) is 15.5. The van der Waals surface area contributed by atoms with Crippen LogP contribution in [0.3, 0.4) is 0 Å². The number of carboxylic acid groups (broad SMARTS) is 1. The summed E-state index contributed by atoms with van der Waals surface area (Å²) in [7, 11) is 0. The molecule has 206 valence electrons. The zero-order valence-corrected chi connectivity index (χ0v) is 24.3. The van der Waals surface area contributed by atoms with Crippen LogP contribution in [0.25, 0.3) is 0 Å². The molecule has 0 unspecified atom stereocenters. The summed E-state index contributed by atoms with van der Waals surface area (Å²) in [5, 5.41) is 10.1. The van der Waals surface area contributed by atoms with Crippen molar-refractivity contribution in [3.05, 3.63) is 11.6 Å². The maximum Gasteiger partial charge on any atom is 0.309 e. The largest absolute Gasteiger partial charge is 0.481 e. The number of carbonyl (C=O) groups is 3. The number of carbonyl (C=O) groups excluding carboxylic acids is 2. The first kappa shape index (κ1) is 26.9. The molecule has 0 spiro atoms. The molecule has 0 aliphatic heterocycles. The van der Waals surface area contributed by atoms with Crippen LogP contribution in [0.4, 0.5) is 0 Å². The third-order valence-electron chi connectivity index (χ3n) is 13.3. The second kappa shape index (κ2) is 7.94. The van der Waals surface area contributed by atoms with Crippen molar-refractivity contribution in [3.8, 4) is 0 Å². The van der Waals surface area contributed by atoms with Crippen LogP contribution in [-0.2, 0) is 19.1 Å². The summed E-state index contributed by atoms with van der Waals surface area (Å²) in [6.07, 6.45) is 10.0. The van der Waals surface area contributed by atoms with E-state index in [2.05, 4.69) is 41.5 Å². The van der Waals surface area contributed by atoms with Crippen LogP contribution in [0.15, 0.2) is 11.6 Å². The predicted octanol–water partition coefficient (Wildman–Crippen LogP) is 6.98. The minimum Gasteiger partial charge on any atom is -0.481 e. The average Bonchev–Trinajstić information content (AvgIpc) is 2.78. The lowest BCUT2D eigenvalue weighted by Crippen LogP contribution is -2.66. The van der Waals surface area contributed by atoms with Gasteiger partial charge < -0.3 is 9.84 Å². The lowest BCUT2D eigenvalue weighted by Gasteiger charge is -2.70. The molecular weight excluding hydrogens is 464 g/mol. The number of allylic oxidation sites excluding steroid dienone is 2. The van der Waals surface area contributed by atoms with E-state index >= 15 is 0 Å². The van der Waals surface area contributed by atoms with Gasteiger partial charge in [-0.1, -0.05) is 47.1 Å². The van der Waals surface area contributed by atoms with E-state index in [0.29, 0.717) is 18.8 Å². The molecule has 0 radical (unpaired) electrons. The molecule has 0 aromatic rings. The van der Waals surface area contributed by atoms with Gasteiger partial charge in [0.05, 0.1) is 5.41 Å². The van der Waals surface area contributed by atoms with Gasteiger partial charge in [-0.15, -0.1) is 0 Å². The molecule has 5 aliphatic carbocycles. The van der Waals surface area contributed by atoms with Crippen molar-refractivity contribution >= 4 is 17.7 Å². The summed E-state index contributed by atoms with van der Waals surface area (Å²) in [6.45, 7) is 17.4. The van der Waals surface area contributed by atoms with Gasteiger partial charge in [-0.25, -0.2) is 0 Å². The molecular formula is C32H48O5. The summed E-state index contributed by atoms with van der Waals surface area (Å²) in [6, 6.07) is 0. The van der Waals surface area contributed by atoms with Gasteiger partial charge in [0.1, 0.15) is 6.10 Å². The van der Waals surface area contributed by atoms with Crippen LogP contribution >= 0.6 is 0 Å². The van der Waals surface area contributed by atoms with Crippen molar-refractivity contribution in [3.63, 3.8) is 0 Å². The molecule has 0 aromatic heterocycles. The van der Waals surface area contributed by atoms with Crippen molar-refractivity contribution in [2.45, 2.75) is 119 Å².